The number of carbonyl (C=O) groups excluding carboxylic acids is 3. The van der Waals surface area contributed by atoms with E-state index in [-0.39, 0.29) is 23.4 Å². The lowest BCUT2D eigenvalue weighted by Gasteiger charge is -2.12. The molecule has 0 aliphatic carbocycles. The smallest absolute Gasteiger partial charge is 0.383 e. The van der Waals surface area contributed by atoms with Gasteiger partial charge in [-0.1, -0.05) is 17.2 Å². The fourth-order valence-corrected chi connectivity index (χ4v) is 2.46. The van der Waals surface area contributed by atoms with E-state index in [1.165, 1.54) is 31.4 Å². The van der Waals surface area contributed by atoms with Crippen LogP contribution < -0.4 is 5.56 Å². The summed E-state index contributed by atoms with van der Waals surface area (Å²) in [7, 11) is 1.53. The van der Waals surface area contributed by atoms with Gasteiger partial charge in [0, 0.05) is 26.3 Å². The number of ether oxygens (including phenoxy) is 1. The molecule has 9 nitrogen and oxygen atoms in total. The van der Waals surface area contributed by atoms with E-state index in [0.29, 0.717) is 18.1 Å². The van der Waals surface area contributed by atoms with Crippen molar-refractivity contribution in [1.82, 2.24) is 14.8 Å². The predicted octanol–water partition coefficient (Wildman–Crippen LogP) is 0.648. The number of aryl methyl sites for hydroxylation is 1. The SMILES string of the molecule is COCCCn1nc(C(=O)ON2C(=O)c3ccccc3C2=O)ccc1=O. The third kappa shape index (κ3) is 3.24. The molecule has 0 spiro atoms. The van der Waals surface area contributed by atoms with Crippen LogP contribution in [-0.2, 0) is 16.1 Å². The highest BCUT2D eigenvalue weighted by atomic mass is 16.7. The largest absolute Gasteiger partial charge is 0.385 e. The third-order valence-corrected chi connectivity index (χ3v) is 3.73. The van der Waals surface area contributed by atoms with Gasteiger partial charge in [-0.25, -0.2) is 9.48 Å². The number of imide groups is 1. The highest BCUT2D eigenvalue weighted by Crippen LogP contribution is 2.23. The van der Waals surface area contributed by atoms with E-state index in [1.807, 2.05) is 0 Å². The molecule has 0 fully saturated rings. The summed E-state index contributed by atoms with van der Waals surface area (Å²) in [6.07, 6.45) is 0.528. The summed E-state index contributed by atoms with van der Waals surface area (Å²) in [6.45, 7) is 0.679. The van der Waals surface area contributed by atoms with Crippen LogP contribution >= 0.6 is 0 Å². The van der Waals surface area contributed by atoms with E-state index < -0.39 is 23.3 Å². The van der Waals surface area contributed by atoms with E-state index in [9.17, 15) is 19.2 Å². The van der Waals surface area contributed by atoms with E-state index >= 15 is 0 Å². The quantitative estimate of drug-likeness (QED) is 0.552. The van der Waals surface area contributed by atoms with Crippen molar-refractivity contribution in [1.29, 1.82) is 0 Å². The zero-order valence-electron chi connectivity index (χ0n) is 13.9. The lowest BCUT2D eigenvalue weighted by atomic mass is 10.1. The Kier molecular flexibility index (Phi) is 4.90. The number of carbonyl (C=O) groups is 3. The van der Waals surface area contributed by atoms with Crippen molar-refractivity contribution in [3.63, 3.8) is 0 Å². The van der Waals surface area contributed by atoms with Crippen LogP contribution in [0.2, 0.25) is 0 Å². The number of methoxy groups -OCH3 is 1. The Bertz CT molecular complexity index is 901. The van der Waals surface area contributed by atoms with Crippen LogP contribution in [0.3, 0.4) is 0 Å². The summed E-state index contributed by atoms with van der Waals surface area (Å²) >= 11 is 0. The summed E-state index contributed by atoms with van der Waals surface area (Å²) in [5.41, 5.74) is -0.275. The highest BCUT2D eigenvalue weighted by Gasteiger charge is 2.39. The van der Waals surface area contributed by atoms with E-state index in [2.05, 4.69) is 5.10 Å². The van der Waals surface area contributed by atoms with Gasteiger partial charge in [0.25, 0.3) is 17.4 Å². The van der Waals surface area contributed by atoms with Crippen LogP contribution in [0.5, 0.6) is 0 Å². The molecule has 0 radical (unpaired) electrons. The van der Waals surface area contributed by atoms with Gasteiger partial charge < -0.3 is 9.57 Å². The Morgan fingerprint density at radius 2 is 1.69 bits per heavy atom. The van der Waals surface area contributed by atoms with Crippen molar-refractivity contribution >= 4 is 17.8 Å². The number of fused-ring (bicyclic) bond motifs is 1. The molecule has 2 aromatic rings. The first-order valence-electron chi connectivity index (χ1n) is 7.80. The minimum absolute atomic E-state index is 0.155. The Morgan fingerprint density at radius 3 is 2.31 bits per heavy atom. The number of hydrogen-bond donors (Lipinski definition) is 0. The number of aromatic nitrogens is 2. The molecule has 9 heteroatoms. The molecule has 0 bridgehead atoms. The molecule has 1 aliphatic heterocycles. The van der Waals surface area contributed by atoms with Gasteiger partial charge in [0.1, 0.15) is 0 Å². The zero-order valence-corrected chi connectivity index (χ0v) is 13.9. The Balaban J connectivity index is 1.77. The molecule has 1 aromatic heterocycles. The van der Waals surface area contributed by atoms with Gasteiger partial charge in [-0.2, -0.15) is 5.10 Å². The molecule has 26 heavy (non-hydrogen) atoms. The molecule has 3 rings (SSSR count). The molecule has 0 atom stereocenters. The van der Waals surface area contributed by atoms with Gasteiger partial charge in [-0.05, 0) is 24.6 Å². The van der Waals surface area contributed by atoms with Crippen molar-refractivity contribution in [3.8, 4) is 0 Å². The van der Waals surface area contributed by atoms with Crippen molar-refractivity contribution in [2.45, 2.75) is 13.0 Å². The zero-order chi connectivity index (χ0) is 18.7. The molecule has 0 saturated carbocycles. The lowest BCUT2D eigenvalue weighted by molar-refractivity contribution is -0.0590. The highest BCUT2D eigenvalue weighted by molar-refractivity contribution is 6.21. The van der Waals surface area contributed by atoms with E-state index in [1.54, 1.807) is 12.1 Å². The number of amides is 2. The summed E-state index contributed by atoms with van der Waals surface area (Å²) in [5.74, 6) is -2.47. The maximum absolute atomic E-state index is 12.3. The van der Waals surface area contributed by atoms with Gasteiger partial charge in [-0.15, -0.1) is 0 Å². The molecule has 1 aromatic carbocycles. The molecule has 0 N–H and O–H groups in total. The van der Waals surface area contributed by atoms with Gasteiger partial charge in [0.05, 0.1) is 11.1 Å². The maximum atomic E-state index is 12.3. The van der Waals surface area contributed by atoms with Gasteiger partial charge in [-0.3, -0.25) is 14.4 Å². The minimum Gasteiger partial charge on any atom is -0.385 e. The monoisotopic (exact) mass is 357 g/mol. The molecular weight excluding hydrogens is 342 g/mol. The molecule has 0 saturated heterocycles. The fraction of sp³-hybridized carbons (Fsp3) is 0.235. The van der Waals surface area contributed by atoms with Crippen LogP contribution in [0.4, 0.5) is 0 Å². The molecule has 1 aliphatic rings. The summed E-state index contributed by atoms with van der Waals surface area (Å²) in [5, 5.41) is 4.31. The van der Waals surface area contributed by atoms with Crippen molar-refractivity contribution in [2.75, 3.05) is 13.7 Å². The maximum Gasteiger partial charge on any atom is 0.383 e. The minimum atomic E-state index is -1.01. The second-order valence-electron chi connectivity index (χ2n) is 5.46. The molecule has 2 heterocycles. The third-order valence-electron chi connectivity index (χ3n) is 3.73. The first-order chi connectivity index (χ1) is 12.5. The van der Waals surface area contributed by atoms with Crippen molar-refractivity contribution in [2.24, 2.45) is 0 Å². The van der Waals surface area contributed by atoms with Crippen molar-refractivity contribution in [3.05, 3.63) is 63.6 Å². The number of benzene rings is 1. The predicted molar refractivity (Wildman–Crippen MR) is 87.3 cm³/mol. The Morgan fingerprint density at radius 1 is 1.04 bits per heavy atom. The van der Waals surface area contributed by atoms with E-state index in [4.69, 9.17) is 9.57 Å². The van der Waals surface area contributed by atoms with Gasteiger partial charge >= 0.3 is 5.97 Å². The first-order valence-corrected chi connectivity index (χ1v) is 7.80. The second-order valence-corrected chi connectivity index (χ2v) is 5.46. The Hall–Kier alpha value is -3.33. The van der Waals surface area contributed by atoms with Crippen LogP contribution in [0.25, 0.3) is 0 Å². The van der Waals surface area contributed by atoms with Crippen LogP contribution in [0.1, 0.15) is 37.6 Å². The molecule has 134 valence electrons. The number of nitrogens with zero attached hydrogens (tertiary/aromatic N) is 3. The summed E-state index contributed by atoms with van der Waals surface area (Å²) in [6, 6.07) is 8.49. The summed E-state index contributed by atoms with van der Waals surface area (Å²) < 4.78 is 6.00. The average Bonchev–Trinajstić information content (AvgIpc) is 2.88. The number of hydroxylamine groups is 2. The molecule has 0 unspecified atom stereocenters. The van der Waals surface area contributed by atoms with Crippen LogP contribution in [-0.4, -0.2) is 46.3 Å². The number of hydrogen-bond acceptors (Lipinski definition) is 7. The molecule has 2 amide bonds. The number of rotatable bonds is 6. The summed E-state index contributed by atoms with van der Waals surface area (Å²) in [4.78, 5) is 53.4. The fourth-order valence-electron chi connectivity index (χ4n) is 2.46. The molecular formula is C17H15N3O6. The van der Waals surface area contributed by atoms with Crippen LogP contribution in [0, 0.1) is 0 Å². The normalized spacial score (nSPS) is 13.0. The average molecular weight is 357 g/mol. The Labute approximate surface area is 147 Å². The lowest BCUT2D eigenvalue weighted by Crippen LogP contribution is -2.34. The second kappa shape index (κ2) is 7.28. The van der Waals surface area contributed by atoms with E-state index in [0.717, 1.165) is 4.68 Å². The topological polar surface area (TPSA) is 108 Å². The van der Waals surface area contributed by atoms with Gasteiger partial charge in [0.2, 0.25) is 0 Å². The van der Waals surface area contributed by atoms with Crippen molar-refractivity contribution < 1.29 is 24.0 Å². The van der Waals surface area contributed by atoms with Gasteiger partial charge in [0.15, 0.2) is 5.69 Å². The standard InChI is InChI=1S/C17H15N3O6/c1-25-10-4-9-19-14(21)8-7-13(18-19)17(24)26-20-15(22)11-5-2-3-6-12(11)16(20)23/h2-3,5-8H,4,9-10H2,1H3. The van der Waals surface area contributed by atoms with Crippen LogP contribution in [0.15, 0.2) is 41.2 Å². The first kappa shape index (κ1) is 17.5.